The Morgan fingerprint density at radius 1 is 1.17 bits per heavy atom. The molecule has 4 rings (SSSR count). The maximum atomic E-state index is 12.5. The summed E-state index contributed by atoms with van der Waals surface area (Å²) in [5.41, 5.74) is 0.593. The molecule has 0 unspecified atom stereocenters. The highest BCUT2D eigenvalue weighted by Crippen LogP contribution is 2.33. The van der Waals surface area contributed by atoms with Crippen LogP contribution in [0.2, 0.25) is 0 Å². The summed E-state index contributed by atoms with van der Waals surface area (Å²) in [6.45, 7) is 4.24. The van der Waals surface area contributed by atoms with Crippen LogP contribution < -0.4 is 10.0 Å². The number of aliphatic imine (C=N–C) groups is 1. The van der Waals surface area contributed by atoms with Gasteiger partial charge in [-0.05, 0) is 25.0 Å². The van der Waals surface area contributed by atoms with Crippen LogP contribution >= 0.6 is 0 Å². The maximum absolute atomic E-state index is 12.5. The number of hydrogen-bond donors (Lipinski definition) is 2. The molecule has 0 bridgehead atoms. The van der Waals surface area contributed by atoms with Crippen LogP contribution in [0.15, 0.2) is 34.2 Å². The molecule has 1 aromatic carbocycles. The first-order valence-corrected chi connectivity index (χ1v) is 12.2. The molecule has 3 aliphatic rings. The van der Waals surface area contributed by atoms with Crippen LogP contribution in [0, 0.1) is 0 Å². The van der Waals surface area contributed by atoms with Crippen molar-refractivity contribution < 1.29 is 17.9 Å². The summed E-state index contributed by atoms with van der Waals surface area (Å²) in [6.07, 6.45) is 6.09. The van der Waals surface area contributed by atoms with Crippen LogP contribution in [0.1, 0.15) is 44.1 Å². The predicted molar refractivity (Wildman–Crippen MR) is 114 cm³/mol. The summed E-state index contributed by atoms with van der Waals surface area (Å²) in [4.78, 5) is 19.6. The van der Waals surface area contributed by atoms with E-state index in [1.807, 2.05) is 0 Å². The average Bonchev–Trinajstić information content (AvgIpc) is 3.04. The van der Waals surface area contributed by atoms with Gasteiger partial charge in [0.15, 0.2) is 0 Å². The van der Waals surface area contributed by atoms with Crippen molar-refractivity contribution in [2.45, 2.75) is 49.0 Å². The van der Waals surface area contributed by atoms with Crippen LogP contribution in [0.25, 0.3) is 0 Å². The molecule has 164 valence electrons. The largest absolute Gasteiger partial charge is 0.379 e. The molecule has 0 aromatic heterocycles. The minimum absolute atomic E-state index is 0.0314. The number of ether oxygens (including phenoxy) is 1. The SMILES string of the molecule is O=C(CCN=C1NS(=O)(=O)c2ccccc21)NCC1(N2CCOCC2)CCCCC1. The summed E-state index contributed by atoms with van der Waals surface area (Å²) in [5.74, 6) is 0.266. The molecule has 30 heavy (non-hydrogen) atoms. The first-order valence-electron chi connectivity index (χ1n) is 10.8. The van der Waals surface area contributed by atoms with E-state index >= 15 is 0 Å². The number of sulfonamides is 1. The van der Waals surface area contributed by atoms with E-state index in [0.717, 1.165) is 39.1 Å². The fraction of sp³-hybridized carbons (Fsp3) is 0.619. The third-order valence-electron chi connectivity index (χ3n) is 6.35. The minimum atomic E-state index is -3.55. The van der Waals surface area contributed by atoms with Crippen molar-refractivity contribution >= 4 is 21.8 Å². The summed E-state index contributed by atoms with van der Waals surface area (Å²) < 4.78 is 32.3. The van der Waals surface area contributed by atoms with Crippen molar-refractivity contribution in [3.05, 3.63) is 29.8 Å². The molecule has 2 aliphatic heterocycles. The number of morpholine rings is 1. The lowest BCUT2D eigenvalue weighted by Crippen LogP contribution is -2.59. The predicted octanol–water partition coefficient (Wildman–Crippen LogP) is 1.27. The van der Waals surface area contributed by atoms with E-state index in [1.54, 1.807) is 24.3 Å². The van der Waals surface area contributed by atoms with E-state index in [1.165, 1.54) is 19.3 Å². The highest BCUT2D eigenvalue weighted by Gasteiger charge is 2.38. The van der Waals surface area contributed by atoms with Crippen molar-refractivity contribution in [1.82, 2.24) is 14.9 Å². The number of amidine groups is 1. The molecule has 1 amide bonds. The molecule has 9 heteroatoms. The van der Waals surface area contributed by atoms with Crippen molar-refractivity contribution in [2.24, 2.45) is 4.99 Å². The molecule has 2 heterocycles. The fourth-order valence-electron chi connectivity index (χ4n) is 4.72. The number of fused-ring (bicyclic) bond motifs is 1. The molecular weight excluding hydrogens is 404 g/mol. The normalized spacial score (nSPS) is 24.2. The monoisotopic (exact) mass is 434 g/mol. The van der Waals surface area contributed by atoms with Crippen LogP contribution in [-0.4, -0.2) is 70.0 Å². The number of nitrogens with zero attached hydrogens (tertiary/aromatic N) is 2. The maximum Gasteiger partial charge on any atom is 0.263 e. The Morgan fingerprint density at radius 2 is 1.90 bits per heavy atom. The summed E-state index contributed by atoms with van der Waals surface area (Å²) in [6, 6.07) is 6.74. The van der Waals surface area contributed by atoms with Crippen molar-refractivity contribution in [3.8, 4) is 0 Å². The molecule has 2 N–H and O–H groups in total. The summed E-state index contributed by atoms with van der Waals surface area (Å²) >= 11 is 0. The highest BCUT2D eigenvalue weighted by molar-refractivity contribution is 7.90. The molecule has 8 nitrogen and oxygen atoms in total. The number of carbonyl (C=O) groups is 1. The topological polar surface area (TPSA) is 100 Å². The van der Waals surface area contributed by atoms with Gasteiger partial charge in [-0.1, -0.05) is 31.4 Å². The van der Waals surface area contributed by atoms with E-state index in [-0.39, 0.29) is 29.3 Å². The van der Waals surface area contributed by atoms with Crippen LogP contribution in [0.3, 0.4) is 0 Å². The van der Waals surface area contributed by atoms with Crippen LogP contribution in [0.4, 0.5) is 0 Å². The van der Waals surface area contributed by atoms with Gasteiger partial charge in [0.1, 0.15) is 5.84 Å². The Bertz CT molecular complexity index is 903. The van der Waals surface area contributed by atoms with E-state index in [9.17, 15) is 13.2 Å². The van der Waals surface area contributed by atoms with Gasteiger partial charge in [-0.25, -0.2) is 8.42 Å². The van der Waals surface area contributed by atoms with Gasteiger partial charge in [-0.3, -0.25) is 19.4 Å². The highest BCUT2D eigenvalue weighted by atomic mass is 32.2. The lowest BCUT2D eigenvalue weighted by atomic mass is 9.79. The molecule has 0 radical (unpaired) electrons. The Labute approximate surface area is 178 Å². The van der Waals surface area contributed by atoms with E-state index in [2.05, 4.69) is 19.9 Å². The standard InChI is InChI=1S/C21H30N4O4S/c26-19(8-11-22-20-17-6-2-3-7-18(17)30(27,28)24-20)23-16-21(9-4-1-5-10-21)25-12-14-29-15-13-25/h2-3,6-7H,1,4-5,8-16H2,(H,22,24)(H,23,26). The van der Waals surface area contributed by atoms with E-state index in [0.29, 0.717) is 17.9 Å². The Kier molecular flexibility index (Phi) is 6.40. The Hall–Kier alpha value is -1.97. The first-order chi connectivity index (χ1) is 14.5. The molecule has 0 spiro atoms. The lowest BCUT2D eigenvalue weighted by molar-refractivity contribution is -0.122. The third-order valence-corrected chi connectivity index (χ3v) is 7.75. The van der Waals surface area contributed by atoms with Crippen molar-refractivity contribution in [1.29, 1.82) is 0 Å². The Balaban J connectivity index is 1.33. The fourth-order valence-corrected chi connectivity index (χ4v) is 5.98. The quantitative estimate of drug-likeness (QED) is 0.702. The number of rotatable bonds is 6. The first kappa shape index (κ1) is 21.3. The van der Waals surface area contributed by atoms with E-state index in [4.69, 9.17) is 4.74 Å². The second kappa shape index (κ2) is 9.03. The number of carbonyl (C=O) groups excluding carboxylic acids is 1. The summed E-state index contributed by atoms with van der Waals surface area (Å²) in [5, 5.41) is 3.12. The lowest BCUT2D eigenvalue weighted by Gasteiger charge is -2.48. The molecule has 2 fully saturated rings. The van der Waals surface area contributed by atoms with Gasteiger partial charge in [0.25, 0.3) is 10.0 Å². The second-order valence-electron chi connectivity index (χ2n) is 8.24. The van der Waals surface area contributed by atoms with Crippen LogP contribution in [0.5, 0.6) is 0 Å². The molecule has 1 saturated heterocycles. The van der Waals surface area contributed by atoms with E-state index < -0.39 is 10.0 Å². The second-order valence-corrected chi connectivity index (χ2v) is 9.89. The van der Waals surface area contributed by atoms with Gasteiger partial charge in [0.05, 0.1) is 24.7 Å². The molecule has 1 saturated carbocycles. The van der Waals surface area contributed by atoms with Crippen LogP contribution in [-0.2, 0) is 19.6 Å². The zero-order valence-electron chi connectivity index (χ0n) is 17.2. The van der Waals surface area contributed by atoms with Crippen molar-refractivity contribution in [3.63, 3.8) is 0 Å². The van der Waals surface area contributed by atoms with Crippen molar-refractivity contribution in [2.75, 3.05) is 39.4 Å². The van der Waals surface area contributed by atoms with Gasteiger partial charge in [-0.2, -0.15) is 0 Å². The smallest absolute Gasteiger partial charge is 0.263 e. The molecular formula is C21H30N4O4S. The number of nitrogens with one attached hydrogen (secondary N) is 2. The third kappa shape index (κ3) is 4.53. The van der Waals surface area contributed by atoms with Gasteiger partial charge in [0.2, 0.25) is 5.91 Å². The number of amides is 1. The number of hydrogen-bond acceptors (Lipinski definition) is 6. The number of benzene rings is 1. The Morgan fingerprint density at radius 3 is 2.67 bits per heavy atom. The van der Waals surface area contributed by atoms with Gasteiger partial charge >= 0.3 is 0 Å². The summed E-state index contributed by atoms with van der Waals surface area (Å²) in [7, 11) is -3.55. The molecule has 0 atom stereocenters. The zero-order chi connectivity index (χ0) is 21.0. The van der Waals surface area contributed by atoms with Gasteiger partial charge in [-0.15, -0.1) is 0 Å². The minimum Gasteiger partial charge on any atom is -0.379 e. The molecule has 1 aliphatic carbocycles. The average molecular weight is 435 g/mol. The van der Waals surface area contributed by atoms with Gasteiger partial charge < -0.3 is 10.1 Å². The zero-order valence-corrected chi connectivity index (χ0v) is 18.0. The van der Waals surface area contributed by atoms with Gasteiger partial charge in [0, 0.05) is 37.2 Å². The molecule has 1 aromatic rings.